The molecule has 0 saturated carbocycles. The van der Waals surface area contributed by atoms with E-state index in [9.17, 15) is 10.1 Å². The summed E-state index contributed by atoms with van der Waals surface area (Å²) in [5.41, 5.74) is 1.06. The molecule has 0 atom stereocenters. The maximum Gasteiger partial charge on any atom is 0.270 e. The molecule has 100 valence electrons. The normalized spacial score (nSPS) is 10.9. The number of hydrogen-bond donors (Lipinski definition) is 1. The number of halogens is 1. The molecular formula is C13H19BrN2O2. The fraction of sp³-hybridized carbons (Fsp3) is 0.538. The van der Waals surface area contributed by atoms with Crippen LogP contribution in [0.25, 0.3) is 0 Å². The SMILES string of the molecule is CC(C)CCCNCc1cc(Br)cc([N+](=O)[O-])c1. The van der Waals surface area contributed by atoms with Crippen molar-refractivity contribution >= 4 is 21.6 Å². The van der Waals surface area contributed by atoms with Crippen LogP contribution in [0.1, 0.15) is 32.3 Å². The van der Waals surface area contributed by atoms with E-state index in [4.69, 9.17) is 0 Å². The van der Waals surface area contributed by atoms with Gasteiger partial charge in [-0.25, -0.2) is 0 Å². The minimum Gasteiger partial charge on any atom is -0.313 e. The second kappa shape index (κ2) is 7.48. The number of nitrogens with zero attached hydrogens (tertiary/aromatic N) is 1. The van der Waals surface area contributed by atoms with E-state index in [0.717, 1.165) is 28.9 Å². The van der Waals surface area contributed by atoms with Crippen molar-refractivity contribution in [1.29, 1.82) is 0 Å². The van der Waals surface area contributed by atoms with Crippen molar-refractivity contribution in [2.24, 2.45) is 5.92 Å². The van der Waals surface area contributed by atoms with Crippen LogP contribution in [0.15, 0.2) is 22.7 Å². The maximum absolute atomic E-state index is 10.7. The van der Waals surface area contributed by atoms with Crippen LogP contribution in [0, 0.1) is 16.0 Å². The first-order valence-corrected chi connectivity index (χ1v) is 6.93. The van der Waals surface area contributed by atoms with Crippen LogP contribution in [-0.4, -0.2) is 11.5 Å². The summed E-state index contributed by atoms with van der Waals surface area (Å²) in [4.78, 5) is 10.4. The molecule has 0 amide bonds. The van der Waals surface area contributed by atoms with Gasteiger partial charge < -0.3 is 5.32 Å². The molecule has 18 heavy (non-hydrogen) atoms. The van der Waals surface area contributed by atoms with Crippen LogP contribution in [0.2, 0.25) is 0 Å². The van der Waals surface area contributed by atoms with Crippen molar-refractivity contribution in [3.8, 4) is 0 Å². The predicted octanol–water partition coefficient (Wildman–Crippen LogP) is 3.88. The zero-order valence-electron chi connectivity index (χ0n) is 10.8. The second-order valence-corrected chi connectivity index (χ2v) is 5.70. The Morgan fingerprint density at radius 1 is 1.39 bits per heavy atom. The van der Waals surface area contributed by atoms with Crippen LogP contribution in [0.5, 0.6) is 0 Å². The Morgan fingerprint density at radius 2 is 2.11 bits per heavy atom. The number of nitro groups is 1. The zero-order chi connectivity index (χ0) is 13.5. The Morgan fingerprint density at radius 3 is 2.72 bits per heavy atom. The summed E-state index contributed by atoms with van der Waals surface area (Å²) in [5.74, 6) is 0.721. The Bertz CT molecular complexity index is 408. The van der Waals surface area contributed by atoms with Crippen LogP contribution >= 0.6 is 15.9 Å². The summed E-state index contributed by atoms with van der Waals surface area (Å²) in [7, 11) is 0. The first-order chi connectivity index (χ1) is 8.49. The van der Waals surface area contributed by atoms with E-state index in [2.05, 4.69) is 35.1 Å². The Hall–Kier alpha value is -0.940. The van der Waals surface area contributed by atoms with Gasteiger partial charge in [-0.1, -0.05) is 29.8 Å². The Balaban J connectivity index is 2.44. The van der Waals surface area contributed by atoms with Crippen LogP contribution in [0.3, 0.4) is 0 Å². The van der Waals surface area contributed by atoms with E-state index in [0.29, 0.717) is 6.54 Å². The quantitative estimate of drug-likeness (QED) is 0.472. The van der Waals surface area contributed by atoms with Gasteiger partial charge in [0.15, 0.2) is 0 Å². The minimum absolute atomic E-state index is 0.128. The third-order valence-corrected chi connectivity index (χ3v) is 3.08. The lowest BCUT2D eigenvalue weighted by Gasteiger charge is -2.07. The molecular weight excluding hydrogens is 296 g/mol. The van der Waals surface area contributed by atoms with Crippen molar-refractivity contribution in [3.63, 3.8) is 0 Å². The van der Waals surface area contributed by atoms with Gasteiger partial charge in [0, 0.05) is 23.2 Å². The zero-order valence-corrected chi connectivity index (χ0v) is 12.4. The topological polar surface area (TPSA) is 55.2 Å². The molecule has 1 N–H and O–H groups in total. The van der Waals surface area contributed by atoms with E-state index < -0.39 is 0 Å². The van der Waals surface area contributed by atoms with Crippen LogP contribution in [0.4, 0.5) is 5.69 Å². The molecule has 0 fully saturated rings. The molecule has 0 spiro atoms. The van der Waals surface area contributed by atoms with Gasteiger partial charge >= 0.3 is 0 Å². The highest BCUT2D eigenvalue weighted by molar-refractivity contribution is 9.10. The van der Waals surface area contributed by atoms with Gasteiger partial charge in [-0.05, 0) is 36.9 Å². The largest absolute Gasteiger partial charge is 0.313 e. The number of hydrogen-bond acceptors (Lipinski definition) is 3. The van der Waals surface area contributed by atoms with Crippen LogP contribution < -0.4 is 5.32 Å². The fourth-order valence-corrected chi connectivity index (χ4v) is 2.24. The average molecular weight is 315 g/mol. The van der Waals surface area contributed by atoms with E-state index in [-0.39, 0.29) is 10.6 Å². The monoisotopic (exact) mass is 314 g/mol. The van der Waals surface area contributed by atoms with Gasteiger partial charge in [0.25, 0.3) is 5.69 Å². The molecule has 0 aliphatic heterocycles. The molecule has 5 heteroatoms. The molecule has 1 aromatic rings. The van der Waals surface area contributed by atoms with E-state index in [1.54, 1.807) is 6.07 Å². The summed E-state index contributed by atoms with van der Waals surface area (Å²) in [6.45, 7) is 6.02. The smallest absolute Gasteiger partial charge is 0.270 e. The first-order valence-electron chi connectivity index (χ1n) is 6.13. The highest BCUT2D eigenvalue weighted by Gasteiger charge is 2.08. The number of rotatable bonds is 7. The van der Waals surface area contributed by atoms with Crippen molar-refractivity contribution in [3.05, 3.63) is 38.3 Å². The summed E-state index contributed by atoms with van der Waals surface area (Å²) in [5, 5.41) is 14.0. The lowest BCUT2D eigenvalue weighted by Crippen LogP contribution is -2.15. The number of benzene rings is 1. The van der Waals surface area contributed by atoms with Crippen molar-refractivity contribution in [2.45, 2.75) is 33.2 Å². The summed E-state index contributed by atoms with van der Waals surface area (Å²) in [6.07, 6.45) is 2.33. The first kappa shape index (κ1) is 15.1. The summed E-state index contributed by atoms with van der Waals surface area (Å²) in [6, 6.07) is 5.03. The molecule has 1 aromatic carbocycles. The number of nitro benzene ring substituents is 1. The Labute approximate surface area is 116 Å². The molecule has 0 aliphatic rings. The van der Waals surface area contributed by atoms with Gasteiger partial charge in [-0.3, -0.25) is 10.1 Å². The van der Waals surface area contributed by atoms with E-state index in [1.807, 2.05) is 6.07 Å². The van der Waals surface area contributed by atoms with Crippen molar-refractivity contribution in [2.75, 3.05) is 6.54 Å². The highest BCUT2D eigenvalue weighted by Crippen LogP contribution is 2.21. The van der Waals surface area contributed by atoms with Gasteiger partial charge in [0.1, 0.15) is 0 Å². The van der Waals surface area contributed by atoms with Crippen molar-refractivity contribution < 1.29 is 4.92 Å². The van der Waals surface area contributed by atoms with E-state index >= 15 is 0 Å². The summed E-state index contributed by atoms with van der Waals surface area (Å²) < 4.78 is 0.746. The molecule has 1 rings (SSSR count). The molecule has 0 unspecified atom stereocenters. The number of nitrogens with one attached hydrogen (secondary N) is 1. The third kappa shape index (κ3) is 5.60. The van der Waals surface area contributed by atoms with Gasteiger partial charge in [-0.2, -0.15) is 0 Å². The summed E-state index contributed by atoms with van der Waals surface area (Å²) >= 11 is 3.29. The Kier molecular flexibility index (Phi) is 6.29. The second-order valence-electron chi connectivity index (χ2n) is 4.79. The minimum atomic E-state index is -0.368. The van der Waals surface area contributed by atoms with Gasteiger partial charge in [0.2, 0.25) is 0 Å². The average Bonchev–Trinajstić information content (AvgIpc) is 2.27. The number of non-ortho nitro benzene ring substituents is 1. The molecule has 4 nitrogen and oxygen atoms in total. The predicted molar refractivity (Wildman–Crippen MR) is 76.6 cm³/mol. The van der Waals surface area contributed by atoms with Gasteiger partial charge in [-0.15, -0.1) is 0 Å². The van der Waals surface area contributed by atoms with Crippen molar-refractivity contribution in [1.82, 2.24) is 5.32 Å². The maximum atomic E-state index is 10.7. The third-order valence-electron chi connectivity index (χ3n) is 2.62. The molecule has 0 heterocycles. The highest BCUT2D eigenvalue weighted by atomic mass is 79.9. The lowest BCUT2D eigenvalue weighted by atomic mass is 10.1. The van der Waals surface area contributed by atoms with Crippen LogP contribution in [-0.2, 0) is 6.54 Å². The van der Waals surface area contributed by atoms with Gasteiger partial charge in [0.05, 0.1) is 4.92 Å². The standard InChI is InChI=1S/C13H19BrN2O2/c1-10(2)4-3-5-15-9-11-6-12(14)8-13(7-11)16(17)18/h6-8,10,15H,3-5,9H2,1-2H3. The molecule has 0 saturated heterocycles. The lowest BCUT2D eigenvalue weighted by molar-refractivity contribution is -0.385. The molecule has 0 aliphatic carbocycles. The molecule has 0 aromatic heterocycles. The molecule has 0 radical (unpaired) electrons. The van der Waals surface area contributed by atoms with E-state index in [1.165, 1.54) is 12.5 Å². The fourth-order valence-electron chi connectivity index (χ4n) is 1.71. The molecule has 0 bridgehead atoms.